The van der Waals surface area contributed by atoms with Crippen molar-refractivity contribution < 1.29 is 5.11 Å². The molecule has 2 unspecified atom stereocenters. The van der Waals surface area contributed by atoms with Gasteiger partial charge in [0.05, 0.1) is 5.60 Å². The third kappa shape index (κ3) is 1.34. The zero-order chi connectivity index (χ0) is 7.61. The van der Waals surface area contributed by atoms with Crippen molar-refractivity contribution >= 4 is 0 Å². The highest BCUT2D eigenvalue weighted by molar-refractivity contribution is 4.85. The quantitative estimate of drug-likeness (QED) is 0.595. The molecule has 0 spiro atoms. The third-order valence-electron chi connectivity index (χ3n) is 3.03. The summed E-state index contributed by atoms with van der Waals surface area (Å²) in [4.78, 5) is 0. The lowest BCUT2D eigenvalue weighted by molar-refractivity contribution is -0.0439. The average Bonchev–Trinajstić information content (AvgIpc) is 1.96. The molecule has 10 heavy (non-hydrogen) atoms. The maximum Gasteiger partial charge on any atom is 0.0670 e. The van der Waals surface area contributed by atoms with E-state index < -0.39 is 0 Å². The van der Waals surface area contributed by atoms with Crippen LogP contribution in [0, 0.1) is 5.92 Å². The summed E-state index contributed by atoms with van der Waals surface area (Å²) in [5, 5.41) is 9.95. The predicted octanol–water partition coefficient (Wildman–Crippen LogP) is 2.34. The zero-order valence-electron chi connectivity index (χ0n) is 7.06. The molecular formula is C9H18O. The lowest BCUT2D eigenvalue weighted by atomic mass is 9.75. The van der Waals surface area contributed by atoms with Crippen LogP contribution in [-0.4, -0.2) is 10.7 Å². The molecule has 1 aliphatic rings. The summed E-state index contributed by atoms with van der Waals surface area (Å²) in [5.41, 5.74) is -0.321. The Kier molecular flexibility index (Phi) is 2.35. The van der Waals surface area contributed by atoms with Crippen molar-refractivity contribution in [1.29, 1.82) is 0 Å². The van der Waals surface area contributed by atoms with Crippen molar-refractivity contribution in [2.75, 3.05) is 0 Å². The van der Waals surface area contributed by atoms with E-state index in [4.69, 9.17) is 0 Å². The fourth-order valence-corrected chi connectivity index (χ4v) is 1.92. The van der Waals surface area contributed by atoms with Gasteiger partial charge in [-0.05, 0) is 25.2 Å². The molecule has 1 nitrogen and oxygen atoms in total. The van der Waals surface area contributed by atoms with Crippen molar-refractivity contribution in [2.24, 2.45) is 5.92 Å². The maximum absolute atomic E-state index is 9.95. The fraction of sp³-hybridized carbons (Fsp3) is 1.00. The van der Waals surface area contributed by atoms with Gasteiger partial charge in [-0.3, -0.25) is 0 Å². The van der Waals surface area contributed by atoms with E-state index in [1.165, 1.54) is 19.3 Å². The molecule has 0 aromatic carbocycles. The molecule has 0 radical (unpaired) electrons. The predicted molar refractivity (Wildman–Crippen MR) is 42.9 cm³/mol. The molecule has 0 aromatic rings. The standard InChI is InChI=1S/C9H18O/c1-3-9(10)7-5-4-6-8(9)2/h8,10H,3-7H2,1-2H3. The first-order valence-electron chi connectivity index (χ1n) is 4.41. The highest BCUT2D eigenvalue weighted by Crippen LogP contribution is 2.35. The minimum atomic E-state index is -0.321. The first-order chi connectivity index (χ1) is 4.69. The average molecular weight is 142 g/mol. The van der Waals surface area contributed by atoms with Crippen LogP contribution in [0.1, 0.15) is 46.0 Å². The fourth-order valence-electron chi connectivity index (χ4n) is 1.92. The Labute approximate surface area is 63.4 Å². The minimum absolute atomic E-state index is 0.321. The molecular weight excluding hydrogens is 124 g/mol. The molecule has 0 aliphatic heterocycles. The molecule has 60 valence electrons. The van der Waals surface area contributed by atoms with Crippen molar-refractivity contribution in [3.8, 4) is 0 Å². The Bertz CT molecular complexity index is 111. The van der Waals surface area contributed by atoms with E-state index in [1.54, 1.807) is 0 Å². The van der Waals surface area contributed by atoms with Crippen LogP contribution in [-0.2, 0) is 0 Å². The maximum atomic E-state index is 9.95. The van der Waals surface area contributed by atoms with Crippen LogP contribution in [0.15, 0.2) is 0 Å². The van der Waals surface area contributed by atoms with Crippen molar-refractivity contribution in [3.63, 3.8) is 0 Å². The van der Waals surface area contributed by atoms with E-state index in [-0.39, 0.29) is 5.60 Å². The van der Waals surface area contributed by atoms with Crippen LogP contribution in [0.25, 0.3) is 0 Å². The summed E-state index contributed by atoms with van der Waals surface area (Å²) >= 11 is 0. The van der Waals surface area contributed by atoms with Crippen LogP contribution in [0.2, 0.25) is 0 Å². The van der Waals surface area contributed by atoms with Gasteiger partial charge in [0.25, 0.3) is 0 Å². The van der Waals surface area contributed by atoms with Crippen molar-refractivity contribution in [1.82, 2.24) is 0 Å². The van der Waals surface area contributed by atoms with Gasteiger partial charge in [-0.15, -0.1) is 0 Å². The van der Waals surface area contributed by atoms with E-state index in [0.717, 1.165) is 12.8 Å². The van der Waals surface area contributed by atoms with Gasteiger partial charge in [-0.1, -0.05) is 26.7 Å². The summed E-state index contributed by atoms with van der Waals surface area (Å²) in [6, 6.07) is 0. The Hall–Kier alpha value is -0.0400. The van der Waals surface area contributed by atoms with E-state index in [0.29, 0.717) is 5.92 Å². The molecule has 0 bridgehead atoms. The molecule has 1 N–H and O–H groups in total. The number of rotatable bonds is 1. The second-order valence-electron chi connectivity index (χ2n) is 3.60. The molecule has 1 fully saturated rings. The van der Waals surface area contributed by atoms with Crippen molar-refractivity contribution in [2.45, 2.75) is 51.6 Å². The first-order valence-corrected chi connectivity index (χ1v) is 4.41. The number of aliphatic hydroxyl groups is 1. The molecule has 0 aromatic heterocycles. The van der Waals surface area contributed by atoms with Crippen LogP contribution in [0.3, 0.4) is 0 Å². The summed E-state index contributed by atoms with van der Waals surface area (Å²) < 4.78 is 0. The Morgan fingerprint density at radius 3 is 2.60 bits per heavy atom. The third-order valence-corrected chi connectivity index (χ3v) is 3.03. The van der Waals surface area contributed by atoms with E-state index >= 15 is 0 Å². The second-order valence-corrected chi connectivity index (χ2v) is 3.60. The van der Waals surface area contributed by atoms with E-state index in [1.807, 2.05) is 0 Å². The molecule has 0 heterocycles. The summed E-state index contributed by atoms with van der Waals surface area (Å²) in [5.74, 6) is 0.520. The monoisotopic (exact) mass is 142 g/mol. The zero-order valence-corrected chi connectivity index (χ0v) is 7.06. The SMILES string of the molecule is CCC1(O)CCCCC1C. The first kappa shape index (κ1) is 8.06. The van der Waals surface area contributed by atoms with E-state index in [2.05, 4.69) is 13.8 Å². The van der Waals surface area contributed by atoms with E-state index in [9.17, 15) is 5.11 Å². The lowest BCUT2D eigenvalue weighted by Crippen LogP contribution is -2.38. The minimum Gasteiger partial charge on any atom is -0.390 e. The van der Waals surface area contributed by atoms with Gasteiger partial charge in [-0.2, -0.15) is 0 Å². The molecule has 1 saturated carbocycles. The Balaban J connectivity index is 2.54. The van der Waals surface area contributed by atoms with Gasteiger partial charge in [0, 0.05) is 0 Å². The largest absolute Gasteiger partial charge is 0.390 e. The lowest BCUT2D eigenvalue weighted by Gasteiger charge is -2.37. The van der Waals surface area contributed by atoms with Crippen LogP contribution >= 0.6 is 0 Å². The summed E-state index contributed by atoms with van der Waals surface area (Å²) in [6.45, 7) is 4.25. The Morgan fingerprint density at radius 1 is 1.50 bits per heavy atom. The summed E-state index contributed by atoms with van der Waals surface area (Å²) in [7, 11) is 0. The number of hydrogen-bond donors (Lipinski definition) is 1. The summed E-state index contributed by atoms with van der Waals surface area (Å²) in [6.07, 6.45) is 5.68. The molecule has 1 rings (SSSR count). The Morgan fingerprint density at radius 2 is 2.20 bits per heavy atom. The highest BCUT2D eigenvalue weighted by atomic mass is 16.3. The van der Waals surface area contributed by atoms with Gasteiger partial charge in [0.15, 0.2) is 0 Å². The molecule has 0 amide bonds. The molecule has 0 saturated heterocycles. The molecule has 2 atom stereocenters. The smallest absolute Gasteiger partial charge is 0.0670 e. The molecule has 1 heteroatoms. The highest BCUT2D eigenvalue weighted by Gasteiger charge is 2.33. The van der Waals surface area contributed by atoms with Crippen LogP contribution < -0.4 is 0 Å². The van der Waals surface area contributed by atoms with Gasteiger partial charge >= 0.3 is 0 Å². The van der Waals surface area contributed by atoms with Gasteiger partial charge in [0.1, 0.15) is 0 Å². The van der Waals surface area contributed by atoms with Gasteiger partial charge in [0.2, 0.25) is 0 Å². The van der Waals surface area contributed by atoms with Gasteiger partial charge in [-0.25, -0.2) is 0 Å². The normalized spacial score (nSPS) is 41.7. The van der Waals surface area contributed by atoms with Crippen LogP contribution in [0.5, 0.6) is 0 Å². The number of hydrogen-bond acceptors (Lipinski definition) is 1. The van der Waals surface area contributed by atoms with Crippen molar-refractivity contribution in [3.05, 3.63) is 0 Å². The van der Waals surface area contributed by atoms with Crippen LogP contribution in [0.4, 0.5) is 0 Å². The van der Waals surface area contributed by atoms with Gasteiger partial charge < -0.3 is 5.11 Å². The molecule has 1 aliphatic carbocycles. The topological polar surface area (TPSA) is 20.2 Å². The second kappa shape index (κ2) is 2.91.